The fourth-order valence-electron chi connectivity index (χ4n) is 2.02. The van der Waals surface area contributed by atoms with E-state index in [2.05, 4.69) is 17.3 Å². The van der Waals surface area contributed by atoms with E-state index in [1.807, 2.05) is 38.9 Å². The molecule has 18 heavy (non-hydrogen) atoms. The topological polar surface area (TPSA) is 50.2 Å². The van der Waals surface area contributed by atoms with Crippen LogP contribution < -0.4 is 5.32 Å². The lowest BCUT2D eigenvalue weighted by Gasteiger charge is -2.23. The molecule has 1 heterocycles. The van der Waals surface area contributed by atoms with E-state index in [0.717, 1.165) is 30.9 Å². The van der Waals surface area contributed by atoms with Crippen molar-refractivity contribution in [2.45, 2.75) is 40.2 Å². The van der Waals surface area contributed by atoms with Gasteiger partial charge in [0.1, 0.15) is 6.04 Å². The molecular formula is C13H24N4O. The van der Waals surface area contributed by atoms with Crippen LogP contribution in [0.25, 0.3) is 0 Å². The predicted molar refractivity (Wildman–Crippen MR) is 73.6 cm³/mol. The molecule has 0 aliphatic carbocycles. The summed E-state index contributed by atoms with van der Waals surface area (Å²) in [4.78, 5) is 14.0. The molecule has 0 aliphatic heterocycles. The lowest BCUT2D eigenvalue weighted by atomic mass is 10.2. The number of hydrogen-bond acceptors (Lipinski definition) is 3. The molecule has 1 aromatic rings. The Morgan fingerprint density at radius 1 is 1.44 bits per heavy atom. The van der Waals surface area contributed by atoms with Gasteiger partial charge in [-0.15, -0.1) is 0 Å². The third-order valence-corrected chi connectivity index (χ3v) is 3.06. The van der Waals surface area contributed by atoms with Crippen LogP contribution in [0.2, 0.25) is 0 Å². The van der Waals surface area contributed by atoms with Crippen molar-refractivity contribution in [3.63, 3.8) is 0 Å². The van der Waals surface area contributed by atoms with Crippen molar-refractivity contribution in [1.29, 1.82) is 0 Å². The Labute approximate surface area is 109 Å². The zero-order valence-electron chi connectivity index (χ0n) is 12.0. The second-order valence-electron chi connectivity index (χ2n) is 4.39. The number of aryl methyl sites for hydroxylation is 2. The number of nitrogens with one attached hydrogen (secondary N) is 1. The van der Waals surface area contributed by atoms with Crippen LogP contribution in [0.15, 0.2) is 6.20 Å². The molecule has 0 bridgehead atoms. The van der Waals surface area contributed by atoms with Gasteiger partial charge in [-0.2, -0.15) is 5.10 Å². The van der Waals surface area contributed by atoms with Gasteiger partial charge < -0.3 is 10.2 Å². The molecule has 1 amide bonds. The Morgan fingerprint density at radius 3 is 2.56 bits per heavy atom. The molecule has 0 aromatic carbocycles. The van der Waals surface area contributed by atoms with Crippen molar-refractivity contribution in [2.75, 3.05) is 18.4 Å². The molecule has 1 aromatic heterocycles. The number of carbonyl (C=O) groups is 1. The predicted octanol–water partition coefficient (Wildman–Crippen LogP) is 1.65. The number of carbonyl (C=O) groups excluding carboxylic acids is 1. The molecule has 0 aliphatic rings. The third-order valence-electron chi connectivity index (χ3n) is 3.06. The van der Waals surface area contributed by atoms with E-state index in [1.165, 1.54) is 0 Å². The van der Waals surface area contributed by atoms with Gasteiger partial charge in [0.25, 0.3) is 0 Å². The molecule has 102 valence electrons. The maximum Gasteiger partial charge on any atom is 0.244 e. The van der Waals surface area contributed by atoms with Gasteiger partial charge in [0.2, 0.25) is 5.91 Å². The fourth-order valence-corrected chi connectivity index (χ4v) is 2.02. The Bertz CT molecular complexity index is 396. The summed E-state index contributed by atoms with van der Waals surface area (Å²) in [5, 5.41) is 7.61. The lowest BCUT2D eigenvalue weighted by molar-refractivity contribution is -0.131. The van der Waals surface area contributed by atoms with Crippen LogP contribution in [0.4, 0.5) is 5.69 Å². The summed E-state index contributed by atoms with van der Waals surface area (Å²) in [7, 11) is 1.89. The molecule has 5 heteroatoms. The zero-order chi connectivity index (χ0) is 13.7. The number of aromatic nitrogens is 2. The van der Waals surface area contributed by atoms with Crippen molar-refractivity contribution in [3.8, 4) is 0 Å². The summed E-state index contributed by atoms with van der Waals surface area (Å²) in [6, 6.07) is -0.223. The van der Waals surface area contributed by atoms with Gasteiger partial charge >= 0.3 is 0 Å². The molecule has 1 unspecified atom stereocenters. The van der Waals surface area contributed by atoms with Gasteiger partial charge in [0, 0.05) is 26.3 Å². The van der Waals surface area contributed by atoms with Crippen LogP contribution in [0, 0.1) is 0 Å². The van der Waals surface area contributed by atoms with Gasteiger partial charge in [-0.25, -0.2) is 0 Å². The van der Waals surface area contributed by atoms with E-state index < -0.39 is 0 Å². The van der Waals surface area contributed by atoms with E-state index in [0.29, 0.717) is 0 Å². The number of rotatable bonds is 6. The summed E-state index contributed by atoms with van der Waals surface area (Å²) in [5.41, 5.74) is 1.95. The summed E-state index contributed by atoms with van der Waals surface area (Å²) >= 11 is 0. The molecule has 5 nitrogen and oxygen atoms in total. The Kier molecular flexibility index (Phi) is 5.19. The maximum absolute atomic E-state index is 12.2. The van der Waals surface area contributed by atoms with Crippen LogP contribution in [-0.2, 0) is 18.3 Å². The maximum atomic E-state index is 12.2. The average Bonchev–Trinajstić information content (AvgIpc) is 2.70. The summed E-state index contributed by atoms with van der Waals surface area (Å²) in [6.45, 7) is 9.44. The Hall–Kier alpha value is -1.52. The molecule has 1 rings (SSSR count). The fraction of sp³-hybridized carbons (Fsp3) is 0.692. The van der Waals surface area contributed by atoms with Crippen LogP contribution in [0.5, 0.6) is 0 Å². The number of hydrogen-bond donors (Lipinski definition) is 1. The summed E-state index contributed by atoms with van der Waals surface area (Å²) in [6.07, 6.45) is 2.78. The van der Waals surface area contributed by atoms with Gasteiger partial charge in [0.15, 0.2) is 0 Å². The highest BCUT2D eigenvalue weighted by atomic mass is 16.2. The lowest BCUT2D eigenvalue weighted by Crippen LogP contribution is -2.41. The molecule has 0 radical (unpaired) electrons. The Morgan fingerprint density at radius 2 is 2.06 bits per heavy atom. The van der Waals surface area contributed by atoms with Crippen LogP contribution in [-0.4, -0.2) is 39.7 Å². The minimum absolute atomic E-state index is 0.130. The molecule has 0 spiro atoms. The van der Waals surface area contributed by atoms with E-state index in [1.54, 1.807) is 4.68 Å². The van der Waals surface area contributed by atoms with Crippen LogP contribution in [0.1, 0.15) is 33.4 Å². The van der Waals surface area contributed by atoms with Crippen molar-refractivity contribution in [1.82, 2.24) is 14.7 Å². The zero-order valence-corrected chi connectivity index (χ0v) is 12.0. The minimum Gasteiger partial charge on any atom is -0.371 e. The molecule has 0 fully saturated rings. The van der Waals surface area contributed by atoms with Crippen molar-refractivity contribution in [3.05, 3.63) is 11.9 Å². The first kappa shape index (κ1) is 14.5. The average molecular weight is 252 g/mol. The summed E-state index contributed by atoms with van der Waals surface area (Å²) in [5.74, 6) is 0.130. The van der Waals surface area contributed by atoms with Crippen LogP contribution >= 0.6 is 0 Å². The van der Waals surface area contributed by atoms with E-state index in [-0.39, 0.29) is 11.9 Å². The normalized spacial score (nSPS) is 12.3. The molecule has 1 N–H and O–H groups in total. The summed E-state index contributed by atoms with van der Waals surface area (Å²) < 4.78 is 1.77. The van der Waals surface area contributed by atoms with Crippen molar-refractivity contribution >= 4 is 11.6 Å². The molecular weight excluding hydrogens is 228 g/mol. The van der Waals surface area contributed by atoms with E-state index in [9.17, 15) is 4.79 Å². The highest BCUT2D eigenvalue weighted by Gasteiger charge is 2.19. The van der Waals surface area contributed by atoms with Gasteiger partial charge in [0.05, 0.1) is 11.4 Å². The monoisotopic (exact) mass is 252 g/mol. The van der Waals surface area contributed by atoms with Crippen molar-refractivity contribution in [2.24, 2.45) is 7.05 Å². The first-order chi connectivity index (χ1) is 8.53. The standard InChI is InChI=1S/C13H24N4O/c1-6-11-12(9-16(5)15-11)14-10(4)13(18)17(7-2)8-3/h9-10,14H,6-8H2,1-5H3. The minimum atomic E-state index is -0.223. The smallest absolute Gasteiger partial charge is 0.244 e. The second kappa shape index (κ2) is 6.42. The van der Waals surface area contributed by atoms with E-state index >= 15 is 0 Å². The van der Waals surface area contributed by atoms with Crippen LogP contribution in [0.3, 0.4) is 0 Å². The Balaban J connectivity index is 2.74. The quantitative estimate of drug-likeness (QED) is 0.837. The second-order valence-corrected chi connectivity index (χ2v) is 4.39. The first-order valence-electron chi connectivity index (χ1n) is 6.61. The van der Waals surface area contributed by atoms with Gasteiger partial charge in [-0.3, -0.25) is 9.48 Å². The third kappa shape index (κ3) is 3.24. The highest BCUT2D eigenvalue weighted by Crippen LogP contribution is 2.15. The molecule has 0 saturated carbocycles. The number of amides is 1. The largest absolute Gasteiger partial charge is 0.371 e. The SMILES string of the molecule is CCc1nn(C)cc1NC(C)C(=O)N(CC)CC. The number of nitrogens with zero attached hydrogens (tertiary/aromatic N) is 3. The van der Waals surface area contributed by atoms with E-state index in [4.69, 9.17) is 0 Å². The molecule has 0 saturated heterocycles. The van der Waals surface area contributed by atoms with Crippen molar-refractivity contribution < 1.29 is 4.79 Å². The molecule has 1 atom stereocenters. The van der Waals surface area contributed by atoms with Gasteiger partial charge in [-0.05, 0) is 27.2 Å². The number of likely N-dealkylation sites (N-methyl/N-ethyl adjacent to an activating group) is 1. The highest BCUT2D eigenvalue weighted by molar-refractivity contribution is 5.84. The first-order valence-corrected chi connectivity index (χ1v) is 6.61. The number of anilines is 1. The van der Waals surface area contributed by atoms with Gasteiger partial charge in [-0.1, -0.05) is 6.92 Å².